The molecule has 0 atom stereocenters. The number of aromatic nitrogens is 1. The van der Waals surface area contributed by atoms with Crippen LogP contribution in [0.25, 0.3) is 0 Å². The van der Waals surface area contributed by atoms with Gasteiger partial charge < -0.3 is 10.4 Å². The van der Waals surface area contributed by atoms with Gasteiger partial charge in [-0.3, -0.25) is 0 Å². The largest absolute Gasteiger partial charge is 0.478 e. The Balaban J connectivity index is 2.41. The summed E-state index contributed by atoms with van der Waals surface area (Å²) < 4.78 is 13.0. The molecule has 1 aromatic carbocycles. The molecule has 0 radical (unpaired) electrons. The van der Waals surface area contributed by atoms with Gasteiger partial charge in [0.05, 0.1) is 6.20 Å². The SMILES string of the molecule is Cc1ccccc1Nc1ncc(F)cc1C(=O)O. The summed E-state index contributed by atoms with van der Waals surface area (Å²) in [5, 5.41) is 11.9. The smallest absolute Gasteiger partial charge is 0.339 e. The molecule has 92 valence electrons. The highest BCUT2D eigenvalue weighted by Crippen LogP contribution is 2.21. The van der Waals surface area contributed by atoms with Gasteiger partial charge in [0.15, 0.2) is 0 Å². The van der Waals surface area contributed by atoms with Crippen LogP contribution in [-0.4, -0.2) is 16.1 Å². The number of pyridine rings is 1. The number of anilines is 2. The number of carboxylic acid groups (broad SMARTS) is 1. The Hall–Kier alpha value is -2.43. The third-order valence-corrected chi connectivity index (χ3v) is 2.48. The van der Waals surface area contributed by atoms with Gasteiger partial charge in [0.2, 0.25) is 0 Å². The molecule has 18 heavy (non-hydrogen) atoms. The molecule has 5 heteroatoms. The highest BCUT2D eigenvalue weighted by Gasteiger charge is 2.13. The quantitative estimate of drug-likeness (QED) is 0.874. The Morgan fingerprint density at radius 2 is 2.11 bits per heavy atom. The van der Waals surface area contributed by atoms with Crippen LogP contribution < -0.4 is 5.32 Å². The molecule has 0 unspecified atom stereocenters. The minimum atomic E-state index is -1.22. The fourth-order valence-corrected chi connectivity index (χ4v) is 1.54. The highest BCUT2D eigenvalue weighted by molar-refractivity contribution is 5.94. The van der Waals surface area contributed by atoms with Crippen LogP contribution >= 0.6 is 0 Å². The lowest BCUT2D eigenvalue weighted by Crippen LogP contribution is -2.06. The summed E-state index contributed by atoms with van der Waals surface area (Å²) >= 11 is 0. The maximum absolute atomic E-state index is 13.0. The molecule has 0 saturated carbocycles. The molecule has 2 aromatic rings. The number of para-hydroxylation sites is 1. The normalized spacial score (nSPS) is 10.1. The van der Waals surface area contributed by atoms with E-state index < -0.39 is 11.8 Å². The summed E-state index contributed by atoms with van der Waals surface area (Å²) in [6.07, 6.45) is 0.979. The van der Waals surface area contributed by atoms with E-state index in [1.807, 2.05) is 25.1 Å². The topological polar surface area (TPSA) is 62.2 Å². The minimum Gasteiger partial charge on any atom is -0.478 e. The molecule has 2 N–H and O–H groups in total. The number of carboxylic acids is 1. The van der Waals surface area contributed by atoms with E-state index in [0.29, 0.717) is 0 Å². The Kier molecular flexibility index (Phi) is 3.23. The molecule has 0 fully saturated rings. The van der Waals surface area contributed by atoms with Crippen LogP contribution in [0.2, 0.25) is 0 Å². The first-order valence-corrected chi connectivity index (χ1v) is 5.29. The third-order valence-electron chi connectivity index (χ3n) is 2.48. The summed E-state index contributed by atoms with van der Waals surface area (Å²) in [7, 11) is 0. The van der Waals surface area contributed by atoms with E-state index in [9.17, 15) is 9.18 Å². The second-order valence-corrected chi connectivity index (χ2v) is 3.79. The van der Waals surface area contributed by atoms with E-state index in [2.05, 4.69) is 10.3 Å². The molecule has 0 aliphatic carbocycles. The molecular formula is C13H11FN2O2. The third kappa shape index (κ3) is 2.45. The second kappa shape index (κ2) is 4.83. The maximum atomic E-state index is 13.0. The average molecular weight is 246 g/mol. The average Bonchev–Trinajstić information content (AvgIpc) is 2.34. The maximum Gasteiger partial charge on any atom is 0.339 e. The lowest BCUT2D eigenvalue weighted by atomic mass is 10.2. The summed E-state index contributed by atoms with van der Waals surface area (Å²) in [6, 6.07) is 8.31. The zero-order valence-corrected chi connectivity index (χ0v) is 9.64. The molecule has 0 aliphatic heterocycles. The molecular weight excluding hydrogens is 235 g/mol. The molecule has 4 nitrogen and oxygen atoms in total. The zero-order valence-electron chi connectivity index (χ0n) is 9.64. The zero-order chi connectivity index (χ0) is 13.1. The first-order valence-electron chi connectivity index (χ1n) is 5.29. The number of carbonyl (C=O) groups is 1. The highest BCUT2D eigenvalue weighted by atomic mass is 19.1. The lowest BCUT2D eigenvalue weighted by molar-refractivity contribution is 0.0697. The fraction of sp³-hybridized carbons (Fsp3) is 0.0769. The predicted octanol–water partition coefficient (Wildman–Crippen LogP) is 2.97. The summed E-state index contributed by atoms with van der Waals surface area (Å²) in [5.74, 6) is -1.78. The number of benzene rings is 1. The summed E-state index contributed by atoms with van der Waals surface area (Å²) in [6.45, 7) is 1.88. The summed E-state index contributed by atoms with van der Waals surface area (Å²) in [5.41, 5.74) is 1.48. The number of nitrogens with one attached hydrogen (secondary N) is 1. The van der Waals surface area contributed by atoms with Crippen molar-refractivity contribution in [3.8, 4) is 0 Å². The predicted molar refractivity (Wildman–Crippen MR) is 65.6 cm³/mol. The van der Waals surface area contributed by atoms with E-state index in [1.54, 1.807) is 6.07 Å². The number of aryl methyl sites for hydroxylation is 1. The van der Waals surface area contributed by atoms with Crippen molar-refractivity contribution >= 4 is 17.5 Å². The molecule has 0 aliphatic rings. The van der Waals surface area contributed by atoms with Crippen LogP contribution in [0.5, 0.6) is 0 Å². The number of halogens is 1. The van der Waals surface area contributed by atoms with Gasteiger partial charge in [-0.15, -0.1) is 0 Å². The van der Waals surface area contributed by atoms with E-state index >= 15 is 0 Å². The van der Waals surface area contributed by atoms with Crippen LogP contribution in [-0.2, 0) is 0 Å². The number of nitrogens with zero attached hydrogens (tertiary/aromatic N) is 1. The van der Waals surface area contributed by atoms with Crippen LogP contribution in [0.4, 0.5) is 15.9 Å². The van der Waals surface area contributed by atoms with Gasteiger partial charge in [-0.05, 0) is 24.6 Å². The van der Waals surface area contributed by atoms with Crippen molar-refractivity contribution in [1.82, 2.24) is 4.98 Å². The van der Waals surface area contributed by atoms with Gasteiger partial charge in [0.1, 0.15) is 17.2 Å². The minimum absolute atomic E-state index is 0.123. The second-order valence-electron chi connectivity index (χ2n) is 3.79. The Labute approximate surface area is 103 Å². The Morgan fingerprint density at radius 3 is 2.78 bits per heavy atom. The first kappa shape index (κ1) is 12.0. The van der Waals surface area contributed by atoms with Gasteiger partial charge in [-0.25, -0.2) is 14.2 Å². The number of hydrogen-bond acceptors (Lipinski definition) is 3. The standard InChI is InChI=1S/C13H11FN2O2/c1-8-4-2-3-5-11(8)16-12-10(13(17)18)6-9(14)7-15-12/h2-7H,1H3,(H,15,16)(H,17,18). The van der Waals surface area contributed by atoms with Gasteiger partial charge >= 0.3 is 5.97 Å². The fourth-order valence-electron chi connectivity index (χ4n) is 1.54. The van der Waals surface area contributed by atoms with Gasteiger partial charge in [0.25, 0.3) is 0 Å². The van der Waals surface area contributed by atoms with Crippen LogP contribution in [0.15, 0.2) is 36.5 Å². The van der Waals surface area contributed by atoms with Crippen molar-refractivity contribution in [1.29, 1.82) is 0 Å². The summed E-state index contributed by atoms with van der Waals surface area (Å²) in [4.78, 5) is 14.8. The van der Waals surface area contributed by atoms with E-state index in [0.717, 1.165) is 23.5 Å². The molecule has 0 amide bonds. The Morgan fingerprint density at radius 1 is 1.39 bits per heavy atom. The van der Waals surface area contributed by atoms with E-state index in [-0.39, 0.29) is 11.4 Å². The molecule has 1 heterocycles. The van der Waals surface area contributed by atoms with E-state index in [4.69, 9.17) is 5.11 Å². The van der Waals surface area contributed by atoms with Crippen LogP contribution in [0.1, 0.15) is 15.9 Å². The van der Waals surface area contributed by atoms with Crippen molar-refractivity contribution in [2.24, 2.45) is 0 Å². The molecule has 1 aromatic heterocycles. The van der Waals surface area contributed by atoms with Gasteiger partial charge in [0, 0.05) is 5.69 Å². The number of rotatable bonds is 3. The Bertz CT molecular complexity index is 599. The van der Waals surface area contributed by atoms with Gasteiger partial charge in [-0.1, -0.05) is 18.2 Å². The van der Waals surface area contributed by atoms with Crippen molar-refractivity contribution in [3.63, 3.8) is 0 Å². The number of hydrogen-bond donors (Lipinski definition) is 2. The van der Waals surface area contributed by atoms with Gasteiger partial charge in [-0.2, -0.15) is 0 Å². The van der Waals surface area contributed by atoms with Crippen LogP contribution in [0.3, 0.4) is 0 Å². The van der Waals surface area contributed by atoms with Crippen molar-refractivity contribution < 1.29 is 14.3 Å². The lowest BCUT2D eigenvalue weighted by Gasteiger charge is -2.10. The van der Waals surface area contributed by atoms with Crippen molar-refractivity contribution in [2.45, 2.75) is 6.92 Å². The number of aromatic carboxylic acids is 1. The monoisotopic (exact) mass is 246 g/mol. The van der Waals surface area contributed by atoms with Crippen LogP contribution in [0, 0.1) is 12.7 Å². The molecule has 2 rings (SSSR count). The van der Waals surface area contributed by atoms with Crippen molar-refractivity contribution in [3.05, 3.63) is 53.5 Å². The van der Waals surface area contributed by atoms with Crippen molar-refractivity contribution in [2.75, 3.05) is 5.32 Å². The molecule has 0 spiro atoms. The molecule has 0 saturated heterocycles. The van der Waals surface area contributed by atoms with E-state index in [1.165, 1.54) is 0 Å². The first-order chi connectivity index (χ1) is 8.58. The molecule has 0 bridgehead atoms.